The summed E-state index contributed by atoms with van der Waals surface area (Å²) in [6.07, 6.45) is 0.711. The van der Waals surface area contributed by atoms with Gasteiger partial charge < -0.3 is 20.5 Å². The van der Waals surface area contributed by atoms with Crippen molar-refractivity contribution in [1.82, 2.24) is 5.32 Å². The Hall–Kier alpha value is -0.810. The lowest BCUT2D eigenvalue weighted by Gasteiger charge is -2.24. The van der Waals surface area contributed by atoms with Crippen molar-refractivity contribution in [1.29, 1.82) is 0 Å². The molecule has 0 aromatic rings. The normalized spacial score (nSPS) is 26.6. The first-order valence-electron chi connectivity index (χ1n) is 6.13. The van der Waals surface area contributed by atoms with Gasteiger partial charge in [-0.15, -0.1) is 0 Å². The number of hydrogen-bond donors (Lipinski definition) is 2. The van der Waals surface area contributed by atoms with E-state index in [4.69, 9.17) is 15.2 Å². The number of ether oxygens (including phenoxy) is 2. The second-order valence-corrected chi connectivity index (χ2v) is 5.58. The molecule has 0 saturated carbocycles. The molecule has 1 rings (SSSR count). The molecule has 3 atom stereocenters. The Morgan fingerprint density at radius 3 is 2.71 bits per heavy atom. The van der Waals surface area contributed by atoms with Gasteiger partial charge in [0.05, 0.1) is 6.10 Å². The molecule has 1 aliphatic rings. The lowest BCUT2D eigenvalue weighted by molar-refractivity contribution is 0.0513. The smallest absolute Gasteiger partial charge is 0.407 e. The number of hydrogen-bond acceptors (Lipinski definition) is 4. The highest BCUT2D eigenvalue weighted by Gasteiger charge is 2.30. The molecular formula is C12H24N2O3. The van der Waals surface area contributed by atoms with E-state index in [1.54, 1.807) is 0 Å². The third-order valence-corrected chi connectivity index (χ3v) is 2.87. The van der Waals surface area contributed by atoms with Crippen molar-refractivity contribution < 1.29 is 14.3 Å². The zero-order valence-electron chi connectivity index (χ0n) is 11.2. The summed E-state index contributed by atoms with van der Waals surface area (Å²) in [6, 6.07) is -0.0833. The zero-order chi connectivity index (χ0) is 13.1. The molecular weight excluding hydrogens is 220 g/mol. The Morgan fingerprint density at radius 2 is 2.24 bits per heavy atom. The number of carbonyl (C=O) groups excluding carboxylic acids is 1. The van der Waals surface area contributed by atoms with E-state index in [1.165, 1.54) is 0 Å². The van der Waals surface area contributed by atoms with Gasteiger partial charge in [-0.25, -0.2) is 4.79 Å². The van der Waals surface area contributed by atoms with Gasteiger partial charge >= 0.3 is 6.09 Å². The SMILES string of the molecule is CC1OCCC1C(N)CNC(=O)OC(C)(C)C. The van der Waals surface area contributed by atoms with Crippen molar-refractivity contribution in [2.24, 2.45) is 11.7 Å². The van der Waals surface area contributed by atoms with Crippen molar-refractivity contribution in [2.45, 2.75) is 51.9 Å². The first-order chi connectivity index (χ1) is 7.79. The Kier molecular flexibility index (Phi) is 4.77. The third-order valence-electron chi connectivity index (χ3n) is 2.87. The average molecular weight is 244 g/mol. The fraction of sp³-hybridized carbons (Fsp3) is 0.917. The second kappa shape index (κ2) is 5.69. The molecule has 0 spiro atoms. The van der Waals surface area contributed by atoms with E-state index in [0.717, 1.165) is 13.0 Å². The monoisotopic (exact) mass is 244 g/mol. The molecule has 100 valence electrons. The lowest BCUT2D eigenvalue weighted by Crippen LogP contribution is -2.45. The van der Waals surface area contributed by atoms with Gasteiger partial charge in [-0.3, -0.25) is 0 Å². The zero-order valence-corrected chi connectivity index (χ0v) is 11.2. The van der Waals surface area contributed by atoms with Gasteiger partial charge in [-0.05, 0) is 34.1 Å². The minimum atomic E-state index is -0.474. The number of amides is 1. The summed E-state index contributed by atoms with van der Waals surface area (Å²) < 4.78 is 10.6. The maximum atomic E-state index is 11.4. The van der Waals surface area contributed by atoms with E-state index in [1.807, 2.05) is 27.7 Å². The van der Waals surface area contributed by atoms with Crippen molar-refractivity contribution in [3.05, 3.63) is 0 Å². The van der Waals surface area contributed by atoms with E-state index < -0.39 is 11.7 Å². The fourth-order valence-corrected chi connectivity index (χ4v) is 1.98. The van der Waals surface area contributed by atoms with Crippen LogP contribution < -0.4 is 11.1 Å². The average Bonchev–Trinajstić information content (AvgIpc) is 2.58. The number of nitrogens with one attached hydrogen (secondary N) is 1. The number of rotatable bonds is 3. The fourth-order valence-electron chi connectivity index (χ4n) is 1.98. The number of nitrogens with two attached hydrogens (primary N) is 1. The van der Waals surface area contributed by atoms with Crippen molar-refractivity contribution in [3.8, 4) is 0 Å². The Balaban J connectivity index is 2.28. The molecule has 0 aliphatic carbocycles. The molecule has 1 amide bonds. The van der Waals surface area contributed by atoms with Gasteiger partial charge in [0.15, 0.2) is 0 Å². The van der Waals surface area contributed by atoms with Crippen LogP contribution in [-0.2, 0) is 9.47 Å². The molecule has 0 radical (unpaired) electrons. The molecule has 5 heteroatoms. The van der Waals surface area contributed by atoms with Crippen LogP contribution in [0.15, 0.2) is 0 Å². The maximum absolute atomic E-state index is 11.4. The van der Waals surface area contributed by atoms with Crippen molar-refractivity contribution >= 4 is 6.09 Å². The molecule has 5 nitrogen and oxygen atoms in total. The predicted octanol–water partition coefficient (Wildman–Crippen LogP) is 1.26. The minimum Gasteiger partial charge on any atom is -0.444 e. The quantitative estimate of drug-likeness (QED) is 0.784. The van der Waals surface area contributed by atoms with Crippen LogP contribution in [0.5, 0.6) is 0 Å². The van der Waals surface area contributed by atoms with Crippen LogP contribution in [-0.4, -0.2) is 37.0 Å². The number of alkyl carbamates (subject to hydrolysis) is 1. The van der Waals surface area contributed by atoms with E-state index in [2.05, 4.69) is 5.32 Å². The summed E-state index contributed by atoms with van der Waals surface area (Å²) in [4.78, 5) is 11.4. The van der Waals surface area contributed by atoms with Gasteiger partial charge in [0.1, 0.15) is 5.60 Å². The van der Waals surface area contributed by atoms with Crippen LogP contribution in [0.4, 0.5) is 4.79 Å². The summed E-state index contributed by atoms with van der Waals surface area (Å²) in [5, 5.41) is 2.69. The maximum Gasteiger partial charge on any atom is 0.407 e. The summed E-state index contributed by atoms with van der Waals surface area (Å²) in [6.45, 7) is 8.70. The summed E-state index contributed by atoms with van der Waals surface area (Å²) in [5.74, 6) is 0.310. The molecule has 3 unspecified atom stereocenters. The Labute approximate surface area is 103 Å². The van der Waals surface area contributed by atoms with Crippen LogP contribution in [0.25, 0.3) is 0 Å². The molecule has 1 saturated heterocycles. The summed E-state index contributed by atoms with van der Waals surface area (Å²) >= 11 is 0. The first kappa shape index (κ1) is 14.3. The van der Waals surface area contributed by atoms with Gasteiger partial charge in [0.25, 0.3) is 0 Å². The summed E-state index contributed by atoms with van der Waals surface area (Å²) in [7, 11) is 0. The second-order valence-electron chi connectivity index (χ2n) is 5.58. The summed E-state index contributed by atoms with van der Waals surface area (Å²) in [5.41, 5.74) is 5.56. The molecule has 1 heterocycles. The van der Waals surface area contributed by atoms with Crippen LogP contribution in [0, 0.1) is 5.92 Å². The Bertz CT molecular complexity index is 263. The molecule has 1 aliphatic heterocycles. The molecule has 17 heavy (non-hydrogen) atoms. The standard InChI is InChI=1S/C12H24N2O3/c1-8-9(5-6-16-8)10(13)7-14-11(15)17-12(2,3)4/h8-10H,5-7,13H2,1-4H3,(H,14,15). The van der Waals surface area contributed by atoms with E-state index >= 15 is 0 Å². The molecule has 0 bridgehead atoms. The van der Waals surface area contributed by atoms with Crippen LogP contribution >= 0.6 is 0 Å². The highest BCUT2D eigenvalue weighted by atomic mass is 16.6. The van der Waals surface area contributed by atoms with Crippen molar-refractivity contribution in [3.63, 3.8) is 0 Å². The molecule has 0 aromatic heterocycles. The Morgan fingerprint density at radius 1 is 1.59 bits per heavy atom. The van der Waals surface area contributed by atoms with Gasteiger partial charge in [-0.2, -0.15) is 0 Å². The van der Waals surface area contributed by atoms with Gasteiger partial charge in [0.2, 0.25) is 0 Å². The molecule has 3 N–H and O–H groups in total. The first-order valence-corrected chi connectivity index (χ1v) is 6.13. The van der Waals surface area contributed by atoms with Gasteiger partial charge in [-0.1, -0.05) is 0 Å². The topological polar surface area (TPSA) is 73.6 Å². The molecule has 0 aromatic carbocycles. The predicted molar refractivity (Wildman–Crippen MR) is 65.7 cm³/mol. The van der Waals surface area contributed by atoms with Crippen LogP contribution in [0.1, 0.15) is 34.1 Å². The lowest BCUT2D eigenvalue weighted by atomic mass is 9.94. The van der Waals surface area contributed by atoms with Crippen LogP contribution in [0.2, 0.25) is 0 Å². The van der Waals surface area contributed by atoms with E-state index in [0.29, 0.717) is 12.5 Å². The van der Waals surface area contributed by atoms with Crippen LogP contribution in [0.3, 0.4) is 0 Å². The number of carbonyl (C=O) groups is 1. The van der Waals surface area contributed by atoms with E-state index in [9.17, 15) is 4.79 Å². The van der Waals surface area contributed by atoms with E-state index in [-0.39, 0.29) is 12.1 Å². The third kappa shape index (κ3) is 4.91. The van der Waals surface area contributed by atoms with Crippen molar-refractivity contribution in [2.75, 3.05) is 13.2 Å². The highest BCUT2D eigenvalue weighted by molar-refractivity contribution is 5.67. The largest absolute Gasteiger partial charge is 0.444 e. The van der Waals surface area contributed by atoms with Gasteiger partial charge in [0, 0.05) is 25.1 Å². The minimum absolute atomic E-state index is 0.0833. The molecule has 1 fully saturated rings. The highest BCUT2D eigenvalue weighted by Crippen LogP contribution is 2.22.